The molecule has 0 unspecified atom stereocenters. The van der Waals surface area contributed by atoms with Gasteiger partial charge >= 0.3 is 6.36 Å². The van der Waals surface area contributed by atoms with Crippen molar-refractivity contribution >= 4 is 39.3 Å². The zero-order chi connectivity index (χ0) is 16.4. The molecule has 23 heavy (non-hydrogen) atoms. The first kappa shape index (κ1) is 15.2. The van der Waals surface area contributed by atoms with Crippen molar-refractivity contribution in [3.63, 3.8) is 0 Å². The van der Waals surface area contributed by atoms with Gasteiger partial charge in [-0.25, -0.2) is 9.97 Å². The molecule has 0 bridgehead atoms. The lowest BCUT2D eigenvalue weighted by atomic mass is 10.3. The van der Waals surface area contributed by atoms with E-state index < -0.39 is 6.36 Å². The molecule has 0 fully saturated rings. The van der Waals surface area contributed by atoms with E-state index in [1.54, 1.807) is 6.07 Å². The molecule has 0 aliphatic heterocycles. The fourth-order valence-corrected chi connectivity index (χ4v) is 2.72. The van der Waals surface area contributed by atoms with E-state index in [-0.39, 0.29) is 5.75 Å². The zero-order valence-corrected chi connectivity index (χ0v) is 12.1. The molecular weight excluding hydrogens is 331 g/mol. The van der Waals surface area contributed by atoms with Crippen molar-refractivity contribution in [3.8, 4) is 5.75 Å². The fraction of sp³-hybridized carbons (Fsp3) is 0.0714. The van der Waals surface area contributed by atoms with Gasteiger partial charge in [0.2, 0.25) is 0 Å². The van der Waals surface area contributed by atoms with Crippen LogP contribution in [0.4, 0.5) is 24.7 Å². The van der Waals surface area contributed by atoms with Crippen molar-refractivity contribution < 1.29 is 22.7 Å². The van der Waals surface area contributed by atoms with E-state index in [1.165, 1.54) is 41.9 Å². The summed E-state index contributed by atoms with van der Waals surface area (Å²) in [7, 11) is 0. The lowest BCUT2D eigenvalue weighted by Gasteiger charge is -2.10. The van der Waals surface area contributed by atoms with Gasteiger partial charge in [-0.15, -0.1) is 24.5 Å². The number of benzene rings is 1. The Hall–Kier alpha value is -2.68. The number of rotatable bonds is 4. The molecule has 2 heterocycles. The van der Waals surface area contributed by atoms with Gasteiger partial charge in [-0.2, -0.15) is 0 Å². The van der Waals surface area contributed by atoms with Crippen molar-refractivity contribution in [2.24, 2.45) is 0 Å². The van der Waals surface area contributed by atoms with Gasteiger partial charge < -0.3 is 10.1 Å². The average Bonchev–Trinajstić information content (AvgIpc) is 2.92. The number of hydrogen-bond donors (Lipinski definition) is 1. The smallest absolute Gasteiger partial charge is 0.406 e. The minimum Gasteiger partial charge on any atom is -0.406 e. The number of nitrogens with one attached hydrogen (secondary N) is 1. The zero-order valence-electron chi connectivity index (χ0n) is 11.3. The van der Waals surface area contributed by atoms with Crippen LogP contribution in [-0.2, 0) is 0 Å². The summed E-state index contributed by atoms with van der Waals surface area (Å²) in [6.45, 7) is 0. The standard InChI is InChI=1S/C14H8F3N3O2S/c15-14(16,17)22-9-3-1-8(2-4-9)20-12-11-5-10(6-21)23-13(11)19-7-18-12/h1-7H,(H,18,19,20). The molecule has 0 aliphatic carbocycles. The van der Waals surface area contributed by atoms with E-state index in [1.807, 2.05) is 0 Å². The molecule has 0 aliphatic rings. The highest BCUT2D eigenvalue weighted by atomic mass is 32.1. The molecule has 1 aromatic carbocycles. The van der Waals surface area contributed by atoms with E-state index in [2.05, 4.69) is 20.0 Å². The van der Waals surface area contributed by atoms with Crippen LogP contribution in [0, 0.1) is 0 Å². The molecule has 0 radical (unpaired) electrons. The number of thiophene rings is 1. The lowest BCUT2D eigenvalue weighted by Crippen LogP contribution is -2.16. The van der Waals surface area contributed by atoms with Gasteiger partial charge in [0.1, 0.15) is 22.7 Å². The first-order valence-electron chi connectivity index (χ1n) is 6.27. The Balaban J connectivity index is 1.84. The van der Waals surface area contributed by atoms with Crippen molar-refractivity contribution in [1.29, 1.82) is 0 Å². The van der Waals surface area contributed by atoms with E-state index in [0.717, 1.165) is 6.29 Å². The molecule has 9 heteroatoms. The van der Waals surface area contributed by atoms with Crippen LogP contribution in [0.15, 0.2) is 36.7 Å². The number of fused-ring (bicyclic) bond motifs is 1. The topological polar surface area (TPSA) is 64.1 Å². The first-order valence-corrected chi connectivity index (χ1v) is 7.09. The van der Waals surface area contributed by atoms with Crippen molar-refractivity contribution in [2.75, 3.05) is 5.32 Å². The summed E-state index contributed by atoms with van der Waals surface area (Å²) in [5.41, 5.74) is 0.526. The normalized spacial score (nSPS) is 11.4. The molecule has 2 aromatic heterocycles. The van der Waals surface area contributed by atoms with Gasteiger partial charge in [0.25, 0.3) is 0 Å². The Morgan fingerprint density at radius 2 is 1.91 bits per heavy atom. The molecule has 0 amide bonds. The van der Waals surface area contributed by atoms with Gasteiger partial charge in [-0.1, -0.05) is 0 Å². The highest BCUT2D eigenvalue weighted by Crippen LogP contribution is 2.30. The molecule has 118 valence electrons. The highest BCUT2D eigenvalue weighted by Gasteiger charge is 2.30. The highest BCUT2D eigenvalue weighted by molar-refractivity contribution is 7.20. The Morgan fingerprint density at radius 3 is 2.57 bits per heavy atom. The number of carbonyl (C=O) groups excluding carboxylic acids is 1. The Bertz CT molecular complexity index is 847. The number of anilines is 2. The summed E-state index contributed by atoms with van der Waals surface area (Å²) >= 11 is 1.23. The van der Waals surface area contributed by atoms with E-state index in [9.17, 15) is 18.0 Å². The average molecular weight is 339 g/mol. The third kappa shape index (κ3) is 3.57. The summed E-state index contributed by atoms with van der Waals surface area (Å²) in [6, 6.07) is 6.90. The predicted octanol–water partition coefficient (Wildman–Crippen LogP) is 4.15. The largest absolute Gasteiger partial charge is 0.573 e. The second kappa shape index (κ2) is 5.84. The van der Waals surface area contributed by atoms with Gasteiger partial charge in [0.15, 0.2) is 6.29 Å². The molecule has 3 aromatic rings. The van der Waals surface area contributed by atoms with Crippen LogP contribution in [0.2, 0.25) is 0 Å². The number of alkyl halides is 3. The van der Waals surface area contributed by atoms with Crippen molar-refractivity contribution in [3.05, 3.63) is 41.5 Å². The van der Waals surface area contributed by atoms with Crippen LogP contribution in [-0.4, -0.2) is 22.6 Å². The molecule has 0 spiro atoms. The minimum absolute atomic E-state index is 0.311. The predicted molar refractivity (Wildman–Crippen MR) is 79.2 cm³/mol. The molecule has 0 atom stereocenters. The monoisotopic (exact) mass is 339 g/mol. The molecule has 1 N–H and O–H groups in total. The maximum absolute atomic E-state index is 12.1. The number of carbonyl (C=O) groups is 1. The molecular formula is C14H8F3N3O2S. The van der Waals surface area contributed by atoms with Crippen LogP contribution in [0.1, 0.15) is 9.67 Å². The van der Waals surface area contributed by atoms with Crippen LogP contribution in [0.25, 0.3) is 10.2 Å². The Morgan fingerprint density at radius 1 is 1.17 bits per heavy atom. The number of aldehydes is 1. The van der Waals surface area contributed by atoms with Crippen LogP contribution < -0.4 is 10.1 Å². The molecule has 0 saturated heterocycles. The van der Waals surface area contributed by atoms with Gasteiger partial charge in [-0.05, 0) is 30.3 Å². The molecule has 3 rings (SSSR count). The maximum Gasteiger partial charge on any atom is 0.573 e. The number of nitrogens with zero attached hydrogens (tertiary/aromatic N) is 2. The number of ether oxygens (including phenoxy) is 1. The van der Waals surface area contributed by atoms with Gasteiger partial charge in [0, 0.05) is 5.69 Å². The van der Waals surface area contributed by atoms with Crippen LogP contribution >= 0.6 is 11.3 Å². The number of aromatic nitrogens is 2. The Kier molecular flexibility index (Phi) is 3.87. The van der Waals surface area contributed by atoms with Crippen molar-refractivity contribution in [1.82, 2.24) is 9.97 Å². The van der Waals surface area contributed by atoms with E-state index in [4.69, 9.17) is 0 Å². The summed E-state index contributed by atoms with van der Waals surface area (Å²) in [5.74, 6) is 0.151. The van der Waals surface area contributed by atoms with E-state index in [0.29, 0.717) is 26.6 Å². The molecule has 0 saturated carbocycles. The van der Waals surface area contributed by atoms with Crippen LogP contribution in [0.3, 0.4) is 0 Å². The summed E-state index contributed by atoms with van der Waals surface area (Å²) < 4.78 is 40.2. The summed E-state index contributed by atoms with van der Waals surface area (Å²) in [6.07, 6.45) is -2.66. The van der Waals surface area contributed by atoms with Gasteiger partial charge in [0.05, 0.1) is 10.3 Å². The second-order valence-corrected chi connectivity index (χ2v) is 5.47. The summed E-state index contributed by atoms with van der Waals surface area (Å²) in [4.78, 5) is 20.1. The van der Waals surface area contributed by atoms with E-state index >= 15 is 0 Å². The minimum atomic E-state index is -4.73. The second-order valence-electron chi connectivity index (χ2n) is 4.40. The van der Waals surface area contributed by atoms with Crippen molar-refractivity contribution in [2.45, 2.75) is 6.36 Å². The SMILES string of the molecule is O=Cc1cc2c(Nc3ccc(OC(F)(F)F)cc3)ncnc2s1. The quantitative estimate of drug-likeness (QED) is 0.724. The number of hydrogen-bond acceptors (Lipinski definition) is 6. The number of halogens is 3. The third-order valence-electron chi connectivity index (χ3n) is 2.82. The van der Waals surface area contributed by atoms with Crippen LogP contribution in [0.5, 0.6) is 5.75 Å². The Labute approximate surface area is 131 Å². The first-order chi connectivity index (χ1) is 10.9. The molecule has 5 nitrogen and oxygen atoms in total. The maximum atomic E-state index is 12.1. The lowest BCUT2D eigenvalue weighted by molar-refractivity contribution is -0.274. The van der Waals surface area contributed by atoms with Gasteiger partial charge in [-0.3, -0.25) is 4.79 Å². The summed E-state index contributed by atoms with van der Waals surface area (Å²) in [5, 5.41) is 3.64. The third-order valence-corrected chi connectivity index (χ3v) is 3.78. The fourth-order valence-electron chi connectivity index (χ4n) is 1.91.